The number of anilines is 2. The first-order valence-corrected chi connectivity index (χ1v) is 5.08. The van der Waals surface area contributed by atoms with Crippen molar-refractivity contribution in [3.05, 3.63) is 12.0 Å². The molecule has 15 heavy (non-hydrogen) atoms. The lowest BCUT2D eigenvalue weighted by molar-refractivity contribution is 0.631. The van der Waals surface area contributed by atoms with Crippen molar-refractivity contribution in [3.8, 4) is 0 Å². The molecule has 0 aromatic carbocycles. The summed E-state index contributed by atoms with van der Waals surface area (Å²) in [6.07, 6.45) is 1.65. The first-order valence-electron chi connectivity index (χ1n) is 4.30. The summed E-state index contributed by atoms with van der Waals surface area (Å²) in [4.78, 5) is 6.23. The van der Waals surface area contributed by atoms with Crippen LogP contribution >= 0.6 is 11.5 Å². The van der Waals surface area contributed by atoms with Crippen LogP contribution in [0.3, 0.4) is 0 Å². The molecular formula is C7H11N7S. The van der Waals surface area contributed by atoms with Gasteiger partial charge in [-0.15, -0.1) is 5.10 Å². The lowest BCUT2D eigenvalue weighted by Crippen LogP contribution is -2.08. The van der Waals surface area contributed by atoms with Crippen LogP contribution in [0.15, 0.2) is 6.20 Å². The van der Waals surface area contributed by atoms with E-state index in [0.29, 0.717) is 18.2 Å². The van der Waals surface area contributed by atoms with Gasteiger partial charge in [-0.2, -0.15) is 4.37 Å². The number of hydrogen-bond acceptors (Lipinski definition) is 7. The summed E-state index contributed by atoms with van der Waals surface area (Å²) in [7, 11) is 3.86. The van der Waals surface area contributed by atoms with Gasteiger partial charge < -0.3 is 10.6 Å². The number of nitrogen functional groups attached to an aromatic ring is 1. The van der Waals surface area contributed by atoms with Gasteiger partial charge in [0.25, 0.3) is 0 Å². The minimum absolute atomic E-state index is 0.401. The highest BCUT2D eigenvalue weighted by Gasteiger charge is 2.06. The van der Waals surface area contributed by atoms with E-state index in [2.05, 4.69) is 19.7 Å². The van der Waals surface area contributed by atoms with Gasteiger partial charge in [0.05, 0.1) is 6.20 Å². The van der Waals surface area contributed by atoms with Crippen molar-refractivity contribution < 1.29 is 0 Å². The standard InChI is InChI=1S/C7H11N7S/c1-13(2)7-9-6(11-15-7)4-14-3-5(8)10-12-14/h3H,4,8H2,1-2H3. The fourth-order valence-electron chi connectivity index (χ4n) is 1.03. The zero-order valence-electron chi connectivity index (χ0n) is 8.45. The van der Waals surface area contributed by atoms with Gasteiger partial charge in [0.1, 0.15) is 6.54 Å². The molecule has 2 aromatic heterocycles. The molecule has 0 radical (unpaired) electrons. The van der Waals surface area contributed by atoms with E-state index in [0.717, 1.165) is 5.13 Å². The van der Waals surface area contributed by atoms with Crippen LogP contribution in [0.1, 0.15) is 5.82 Å². The molecule has 2 aromatic rings. The number of hydrogen-bond donors (Lipinski definition) is 1. The number of aromatic nitrogens is 5. The Morgan fingerprint density at radius 2 is 2.33 bits per heavy atom. The Morgan fingerprint density at radius 3 is 2.87 bits per heavy atom. The van der Waals surface area contributed by atoms with Crippen LogP contribution in [-0.2, 0) is 6.54 Å². The minimum atomic E-state index is 0.401. The molecule has 2 rings (SSSR count). The summed E-state index contributed by atoms with van der Waals surface area (Å²) in [5, 5.41) is 8.37. The molecular weight excluding hydrogens is 214 g/mol. The maximum Gasteiger partial charge on any atom is 0.204 e. The van der Waals surface area contributed by atoms with Crippen LogP contribution in [0.4, 0.5) is 10.9 Å². The summed E-state index contributed by atoms with van der Waals surface area (Å²) < 4.78 is 5.81. The predicted octanol–water partition coefficient (Wildman–Crippen LogP) is -0.174. The van der Waals surface area contributed by atoms with E-state index in [1.807, 2.05) is 19.0 Å². The van der Waals surface area contributed by atoms with Crippen molar-refractivity contribution in [1.29, 1.82) is 0 Å². The van der Waals surface area contributed by atoms with Gasteiger partial charge in [-0.3, -0.25) is 0 Å². The normalized spacial score (nSPS) is 10.5. The quantitative estimate of drug-likeness (QED) is 0.780. The summed E-state index contributed by atoms with van der Waals surface area (Å²) in [6, 6.07) is 0. The van der Waals surface area contributed by atoms with Gasteiger partial charge in [0.2, 0.25) is 5.13 Å². The molecule has 0 spiro atoms. The Bertz CT molecular complexity index is 446. The van der Waals surface area contributed by atoms with E-state index in [1.54, 1.807) is 10.9 Å². The monoisotopic (exact) mass is 225 g/mol. The largest absolute Gasteiger partial charge is 0.381 e. The molecule has 2 heterocycles. The SMILES string of the molecule is CN(C)c1nc(Cn2cc(N)nn2)ns1. The second kappa shape index (κ2) is 3.81. The van der Waals surface area contributed by atoms with E-state index in [1.165, 1.54) is 11.5 Å². The Morgan fingerprint density at radius 1 is 1.53 bits per heavy atom. The summed E-state index contributed by atoms with van der Waals surface area (Å²) >= 11 is 1.36. The van der Waals surface area contributed by atoms with Crippen molar-refractivity contribution in [2.45, 2.75) is 6.54 Å². The van der Waals surface area contributed by atoms with Crippen LogP contribution in [0, 0.1) is 0 Å². The molecule has 0 saturated heterocycles. The predicted molar refractivity (Wildman–Crippen MR) is 57.8 cm³/mol. The van der Waals surface area contributed by atoms with Crippen molar-refractivity contribution in [1.82, 2.24) is 24.4 Å². The van der Waals surface area contributed by atoms with Crippen molar-refractivity contribution in [2.24, 2.45) is 0 Å². The van der Waals surface area contributed by atoms with E-state index in [-0.39, 0.29) is 0 Å². The van der Waals surface area contributed by atoms with Crippen LogP contribution in [0.5, 0.6) is 0 Å². The van der Waals surface area contributed by atoms with E-state index in [9.17, 15) is 0 Å². The van der Waals surface area contributed by atoms with Crippen LogP contribution in [0.25, 0.3) is 0 Å². The van der Waals surface area contributed by atoms with Gasteiger partial charge in [0, 0.05) is 25.6 Å². The van der Waals surface area contributed by atoms with Gasteiger partial charge >= 0.3 is 0 Å². The van der Waals surface area contributed by atoms with Crippen molar-refractivity contribution in [3.63, 3.8) is 0 Å². The van der Waals surface area contributed by atoms with E-state index in [4.69, 9.17) is 5.73 Å². The molecule has 8 heteroatoms. The molecule has 0 aliphatic rings. The molecule has 80 valence electrons. The zero-order valence-corrected chi connectivity index (χ0v) is 9.27. The smallest absolute Gasteiger partial charge is 0.204 e. The van der Waals surface area contributed by atoms with Crippen molar-refractivity contribution >= 4 is 22.5 Å². The first-order chi connectivity index (χ1) is 7.15. The molecule has 0 atom stereocenters. The first kappa shape index (κ1) is 9.84. The average molecular weight is 225 g/mol. The average Bonchev–Trinajstić information content (AvgIpc) is 2.76. The minimum Gasteiger partial charge on any atom is -0.381 e. The summed E-state index contributed by atoms with van der Waals surface area (Å²) in [6.45, 7) is 0.495. The molecule has 0 fully saturated rings. The lowest BCUT2D eigenvalue weighted by atomic mass is 10.6. The van der Waals surface area contributed by atoms with Gasteiger partial charge in [-0.1, -0.05) is 5.21 Å². The van der Waals surface area contributed by atoms with Gasteiger partial charge in [0.15, 0.2) is 11.6 Å². The molecule has 7 nitrogen and oxygen atoms in total. The van der Waals surface area contributed by atoms with E-state index < -0.39 is 0 Å². The summed E-state index contributed by atoms with van der Waals surface area (Å²) in [5.74, 6) is 1.12. The zero-order chi connectivity index (χ0) is 10.8. The Labute approximate surface area is 90.7 Å². The fourth-order valence-corrected chi connectivity index (χ4v) is 1.62. The topological polar surface area (TPSA) is 85.8 Å². The fraction of sp³-hybridized carbons (Fsp3) is 0.429. The number of nitrogens with two attached hydrogens (primary N) is 1. The maximum absolute atomic E-state index is 5.44. The molecule has 0 amide bonds. The van der Waals surface area contributed by atoms with Crippen LogP contribution in [0.2, 0.25) is 0 Å². The highest BCUT2D eigenvalue weighted by molar-refractivity contribution is 7.09. The summed E-state index contributed by atoms with van der Waals surface area (Å²) in [5.41, 5.74) is 5.44. The number of rotatable bonds is 3. The third-order valence-electron chi connectivity index (χ3n) is 1.70. The highest BCUT2D eigenvalue weighted by Crippen LogP contribution is 2.14. The van der Waals surface area contributed by atoms with Gasteiger partial charge in [-0.25, -0.2) is 9.67 Å². The molecule has 0 saturated carbocycles. The number of nitrogens with zero attached hydrogens (tertiary/aromatic N) is 6. The molecule has 0 aliphatic carbocycles. The molecule has 0 bridgehead atoms. The van der Waals surface area contributed by atoms with Crippen molar-refractivity contribution in [2.75, 3.05) is 24.7 Å². The van der Waals surface area contributed by atoms with Gasteiger partial charge in [-0.05, 0) is 0 Å². The molecule has 0 unspecified atom stereocenters. The van der Waals surface area contributed by atoms with E-state index >= 15 is 0 Å². The third-order valence-corrected chi connectivity index (χ3v) is 2.62. The second-order valence-corrected chi connectivity index (χ2v) is 3.96. The second-order valence-electron chi connectivity index (χ2n) is 3.23. The van der Waals surface area contributed by atoms with Crippen LogP contribution < -0.4 is 10.6 Å². The third kappa shape index (κ3) is 2.21. The molecule has 2 N–H and O–H groups in total. The van der Waals surface area contributed by atoms with Crippen LogP contribution in [-0.4, -0.2) is 38.4 Å². The molecule has 0 aliphatic heterocycles. The Hall–Kier alpha value is -1.70. The Balaban J connectivity index is 2.11. The Kier molecular flexibility index (Phi) is 2.50. The highest BCUT2D eigenvalue weighted by atomic mass is 32.1. The lowest BCUT2D eigenvalue weighted by Gasteiger charge is -2.04. The maximum atomic E-state index is 5.44.